The highest BCUT2D eigenvalue weighted by molar-refractivity contribution is 5.45. The second-order valence-corrected chi connectivity index (χ2v) is 4.29. The van der Waals surface area contributed by atoms with Crippen LogP contribution in [0.5, 0.6) is 0 Å². The first-order valence-corrected chi connectivity index (χ1v) is 5.74. The number of rotatable bonds is 5. The quantitative estimate of drug-likeness (QED) is 0.775. The van der Waals surface area contributed by atoms with Gasteiger partial charge in [-0.2, -0.15) is 0 Å². The third-order valence-corrected chi connectivity index (χ3v) is 2.93. The van der Waals surface area contributed by atoms with Gasteiger partial charge in [-0.1, -0.05) is 13.0 Å². The van der Waals surface area contributed by atoms with Gasteiger partial charge >= 0.3 is 0 Å². The fourth-order valence-electron chi connectivity index (χ4n) is 1.73. The Bertz CT molecular complexity index is 324. The maximum absolute atomic E-state index is 4.47. The largest absolute Gasteiger partial charge is 0.370 e. The summed E-state index contributed by atoms with van der Waals surface area (Å²) < 4.78 is 0. The summed E-state index contributed by atoms with van der Waals surface area (Å²) in [4.78, 5) is 4.47. The molecule has 3 heteroatoms. The fraction of sp³-hybridized carbons (Fsp3) is 0.583. The van der Waals surface area contributed by atoms with Crippen LogP contribution < -0.4 is 10.6 Å². The van der Waals surface area contributed by atoms with Crippen LogP contribution in [-0.4, -0.2) is 18.1 Å². The highest BCUT2D eigenvalue weighted by Gasteiger charge is 2.31. The van der Waals surface area contributed by atoms with E-state index in [0.717, 1.165) is 36.6 Å². The van der Waals surface area contributed by atoms with E-state index in [1.54, 1.807) is 0 Å². The number of nitrogens with one attached hydrogen (secondary N) is 2. The predicted octanol–water partition coefficient (Wildman–Crippen LogP) is 2.58. The fourth-order valence-corrected chi connectivity index (χ4v) is 1.73. The van der Waals surface area contributed by atoms with Crippen molar-refractivity contribution in [3.05, 3.63) is 18.2 Å². The van der Waals surface area contributed by atoms with Crippen LogP contribution in [0, 0.1) is 11.8 Å². The summed E-state index contributed by atoms with van der Waals surface area (Å²) in [5.41, 5.74) is 0. The SMILES string of the molecule is CCNc1cccc(NCC2CC2C)n1. The average molecular weight is 205 g/mol. The Labute approximate surface area is 91.3 Å². The zero-order valence-electron chi connectivity index (χ0n) is 9.46. The molecule has 2 N–H and O–H groups in total. The third-order valence-electron chi connectivity index (χ3n) is 2.93. The number of pyridine rings is 1. The second kappa shape index (κ2) is 4.51. The van der Waals surface area contributed by atoms with Crippen molar-refractivity contribution in [2.24, 2.45) is 11.8 Å². The molecule has 2 atom stereocenters. The smallest absolute Gasteiger partial charge is 0.128 e. The van der Waals surface area contributed by atoms with Gasteiger partial charge in [0.1, 0.15) is 11.6 Å². The van der Waals surface area contributed by atoms with Crippen molar-refractivity contribution < 1.29 is 0 Å². The number of anilines is 2. The van der Waals surface area contributed by atoms with Gasteiger partial charge in [0.05, 0.1) is 0 Å². The molecule has 0 aromatic carbocycles. The van der Waals surface area contributed by atoms with Crippen molar-refractivity contribution in [1.29, 1.82) is 0 Å². The van der Waals surface area contributed by atoms with Gasteiger partial charge in [-0.3, -0.25) is 0 Å². The van der Waals surface area contributed by atoms with Crippen LogP contribution in [-0.2, 0) is 0 Å². The van der Waals surface area contributed by atoms with E-state index in [9.17, 15) is 0 Å². The van der Waals surface area contributed by atoms with Crippen LogP contribution in [0.1, 0.15) is 20.3 Å². The minimum atomic E-state index is 0.856. The van der Waals surface area contributed by atoms with Crippen molar-refractivity contribution in [1.82, 2.24) is 4.98 Å². The number of hydrogen-bond acceptors (Lipinski definition) is 3. The number of aromatic nitrogens is 1. The molecule has 1 heterocycles. The lowest BCUT2D eigenvalue weighted by molar-refractivity contribution is 0.784. The molecule has 0 spiro atoms. The summed E-state index contributed by atoms with van der Waals surface area (Å²) in [6.07, 6.45) is 1.36. The molecule has 0 saturated heterocycles. The van der Waals surface area contributed by atoms with E-state index in [1.807, 2.05) is 18.2 Å². The second-order valence-electron chi connectivity index (χ2n) is 4.29. The number of nitrogens with zero attached hydrogens (tertiary/aromatic N) is 1. The molecule has 82 valence electrons. The Kier molecular flexibility index (Phi) is 3.09. The first-order chi connectivity index (χ1) is 7.29. The molecular weight excluding hydrogens is 186 g/mol. The van der Waals surface area contributed by atoms with Crippen molar-refractivity contribution in [3.63, 3.8) is 0 Å². The summed E-state index contributed by atoms with van der Waals surface area (Å²) in [6.45, 7) is 6.35. The Hall–Kier alpha value is -1.25. The van der Waals surface area contributed by atoms with E-state index in [1.165, 1.54) is 6.42 Å². The molecule has 15 heavy (non-hydrogen) atoms. The van der Waals surface area contributed by atoms with E-state index >= 15 is 0 Å². The molecule has 1 saturated carbocycles. The molecule has 2 unspecified atom stereocenters. The van der Waals surface area contributed by atoms with Crippen LogP contribution >= 0.6 is 0 Å². The lowest BCUT2D eigenvalue weighted by Crippen LogP contribution is -2.07. The molecule has 0 amide bonds. The predicted molar refractivity (Wildman–Crippen MR) is 64.2 cm³/mol. The summed E-state index contributed by atoms with van der Waals surface area (Å²) in [5.74, 6) is 3.68. The van der Waals surface area contributed by atoms with Crippen LogP contribution in [0.15, 0.2) is 18.2 Å². The highest BCUT2D eigenvalue weighted by atomic mass is 15.1. The first-order valence-electron chi connectivity index (χ1n) is 5.74. The van der Waals surface area contributed by atoms with Crippen LogP contribution in [0.25, 0.3) is 0 Å². The van der Waals surface area contributed by atoms with Gasteiger partial charge in [0.2, 0.25) is 0 Å². The lowest BCUT2D eigenvalue weighted by atomic mass is 10.3. The van der Waals surface area contributed by atoms with Gasteiger partial charge in [0.25, 0.3) is 0 Å². The first kappa shape index (κ1) is 10.3. The third kappa shape index (κ3) is 2.85. The summed E-state index contributed by atoms with van der Waals surface area (Å²) in [7, 11) is 0. The molecule has 1 fully saturated rings. The summed E-state index contributed by atoms with van der Waals surface area (Å²) in [6, 6.07) is 6.05. The van der Waals surface area contributed by atoms with Gasteiger partial charge in [0, 0.05) is 13.1 Å². The Morgan fingerprint density at radius 2 is 2.00 bits per heavy atom. The van der Waals surface area contributed by atoms with E-state index in [-0.39, 0.29) is 0 Å². The lowest BCUT2D eigenvalue weighted by Gasteiger charge is -2.07. The standard InChI is InChI=1S/C12H19N3/c1-3-13-11-5-4-6-12(15-11)14-8-10-7-9(10)2/h4-6,9-10H,3,7-8H2,1-2H3,(H2,13,14,15). The Morgan fingerprint density at radius 1 is 1.33 bits per heavy atom. The van der Waals surface area contributed by atoms with Gasteiger partial charge in [0.15, 0.2) is 0 Å². The van der Waals surface area contributed by atoms with Crippen LogP contribution in [0.4, 0.5) is 11.6 Å². The van der Waals surface area contributed by atoms with Crippen molar-refractivity contribution in [2.75, 3.05) is 23.7 Å². The zero-order chi connectivity index (χ0) is 10.7. The molecule has 0 radical (unpaired) electrons. The van der Waals surface area contributed by atoms with Crippen LogP contribution in [0.3, 0.4) is 0 Å². The summed E-state index contributed by atoms with van der Waals surface area (Å²) in [5, 5.41) is 6.59. The maximum Gasteiger partial charge on any atom is 0.128 e. The maximum atomic E-state index is 4.47. The topological polar surface area (TPSA) is 37.0 Å². The number of hydrogen-bond donors (Lipinski definition) is 2. The van der Waals surface area contributed by atoms with Crippen LogP contribution in [0.2, 0.25) is 0 Å². The van der Waals surface area contributed by atoms with Crippen molar-refractivity contribution in [3.8, 4) is 0 Å². The van der Waals surface area contributed by atoms with Gasteiger partial charge in [-0.15, -0.1) is 0 Å². The molecule has 1 aromatic heterocycles. The molecule has 2 rings (SSSR count). The molecule has 1 aliphatic rings. The summed E-state index contributed by atoms with van der Waals surface area (Å²) >= 11 is 0. The molecule has 1 aliphatic carbocycles. The van der Waals surface area contributed by atoms with Crippen molar-refractivity contribution >= 4 is 11.6 Å². The minimum Gasteiger partial charge on any atom is -0.370 e. The molecule has 0 bridgehead atoms. The van der Waals surface area contributed by atoms with E-state index in [0.29, 0.717) is 0 Å². The Morgan fingerprint density at radius 3 is 2.60 bits per heavy atom. The Balaban J connectivity index is 1.87. The van der Waals surface area contributed by atoms with E-state index in [2.05, 4.69) is 29.5 Å². The normalized spacial score (nSPS) is 23.6. The highest BCUT2D eigenvalue weighted by Crippen LogP contribution is 2.37. The monoisotopic (exact) mass is 205 g/mol. The van der Waals surface area contributed by atoms with Gasteiger partial charge < -0.3 is 10.6 Å². The molecule has 3 nitrogen and oxygen atoms in total. The van der Waals surface area contributed by atoms with E-state index < -0.39 is 0 Å². The average Bonchev–Trinajstić information content (AvgIpc) is 2.93. The van der Waals surface area contributed by atoms with Crippen molar-refractivity contribution in [2.45, 2.75) is 20.3 Å². The van der Waals surface area contributed by atoms with E-state index in [4.69, 9.17) is 0 Å². The van der Waals surface area contributed by atoms with Gasteiger partial charge in [-0.05, 0) is 37.3 Å². The molecular formula is C12H19N3. The molecule has 0 aliphatic heterocycles. The minimum absolute atomic E-state index is 0.856. The zero-order valence-corrected chi connectivity index (χ0v) is 9.46. The molecule has 1 aromatic rings. The van der Waals surface area contributed by atoms with Gasteiger partial charge in [-0.25, -0.2) is 4.98 Å².